The molecule has 3 rings (SSSR count). The minimum Gasteiger partial charge on any atom is -0.265 e. The maximum Gasteiger partial charge on any atom is 0.181 e. The molecule has 6 nitrogen and oxygen atoms in total. The Morgan fingerprint density at radius 1 is 1.25 bits per heavy atom. The normalized spacial score (nSPS) is 19.4. The minimum atomic E-state index is -0.0993. The molecule has 0 aliphatic carbocycles. The van der Waals surface area contributed by atoms with Gasteiger partial charge in [-0.2, -0.15) is 5.10 Å². The standard InChI is InChI=1S/C14H20N6/c1-14(2,3)20-13(11-6-9-16-18-11)17-12(19-20)10-4-7-15-8-5-10/h4-5,7-8,11,16,18H,6,9H2,1-3H3. The number of nitrogens with one attached hydrogen (secondary N) is 2. The number of aromatic nitrogens is 4. The van der Waals surface area contributed by atoms with E-state index in [9.17, 15) is 0 Å². The van der Waals surface area contributed by atoms with Gasteiger partial charge in [0.25, 0.3) is 0 Å². The first kappa shape index (κ1) is 13.2. The molecule has 1 aliphatic rings. The van der Waals surface area contributed by atoms with Gasteiger partial charge in [0.2, 0.25) is 0 Å². The van der Waals surface area contributed by atoms with Crippen LogP contribution < -0.4 is 10.9 Å². The Kier molecular flexibility index (Phi) is 3.27. The molecule has 2 aromatic rings. The molecule has 3 heterocycles. The van der Waals surface area contributed by atoms with Crippen LogP contribution in [-0.2, 0) is 5.54 Å². The second kappa shape index (κ2) is 4.96. The lowest BCUT2D eigenvalue weighted by Crippen LogP contribution is -2.31. The summed E-state index contributed by atoms with van der Waals surface area (Å²) in [6.45, 7) is 7.38. The summed E-state index contributed by atoms with van der Waals surface area (Å²) in [6, 6.07) is 4.08. The number of pyridine rings is 1. The summed E-state index contributed by atoms with van der Waals surface area (Å²) < 4.78 is 2.02. The predicted octanol–water partition coefficient (Wildman–Crippen LogP) is 1.63. The molecular weight excluding hydrogens is 252 g/mol. The molecule has 0 spiro atoms. The van der Waals surface area contributed by atoms with Gasteiger partial charge in [-0.05, 0) is 39.3 Å². The molecule has 20 heavy (non-hydrogen) atoms. The zero-order chi connectivity index (χ0) is 14.2. The van der Waals surface area contributed by atoms with E-state index in [0.717, 1.165) is 30.2 Å². The number of nitrogens with zero attached hydrogens (tertiary/aromatic N) is 4. The van der Waals surface area contributed by atoms with Gasteiger partial charge in [0.05, 0.1) is 11.6 Å². The van der Waals surface area contributed by atoms with Crippen molar-refractivity contribution in [2.45, 2.75) is 38.8 Å². The Bertz CT molecular complexity index is 577. The second-order valence-electron chi connectivity index (χ2n) is 6.02. The number of hydrogen-bond donors (Lipinski definition) is 2. The van der Waals surface area contributed by atoms with E-state index in [0.29, 0.717) is 0 Å². The van der Waals surface area contributed by atoms with E-state index in [1.807, 2.05) is 16.8 Å². The van der Waals surface area contributed by atoms with Gasteiger partial charge >= 0.3 is 0 Å². The van der Waals surface area contributed by atoms with Crippen LogP contribution in [0.4, 0.5) is 0 Å². The van der Waals surface area contributed by atoms with Crippen LogP contribution in [0.1, 0.15) is 39.1 Å². The van der Waals surface area contributed by atoms with Gasteiger partial charge in [-0.1, -0.05) is 0 Å². The zero-order valence-electron chi connectivity index (χ0n) is 12.1. The molecule has 1 saturated heterocycles. The van der Waals surface area contributed by atoms with Crippen LogP contribution in [0.25, 0.3) is 11.4 Å². The van der Waals surface area contributed by atoms with Crippen molar-refractivity contribution in [3.05, 3.63) is 30.4 Å². The SMILES string of the molecule is CC(C)(C)n1nc(-c2ccncc2)nc1C1CCNN1. The average molecular weight is 272 g/mol. The van der Waals surface area contributed by atoms with Crippen molar-refractivity contribution in [3.8, 4) is 11.4 Å². The fourth-order valence-corrected chi connectivity index (χ4v) is 2.34. The monoisotopic (exact) mass is 272 g/mol. The van der Waals surface area contributed by atoms with Crippen molar-refractivity contribution in [3.63, 3.8) is 0 Å². The molecule has 1 aliphatic heterocycles. The van der Waals surface area contributed by atoms with Crippen molar-refractivity contribution >= 4 is 0 Å². The molecule has 0 bridgehead atoms. The predicted molar refractivity (Wildman–Crippen MR) is 76.7 cm³/mol. The minimum absolute atomic E-state index is 0.0993. The molecular formula is C14H20N6. The van der Waals surface area contributed by atoms with Crippen LogP contribution in [0, 0.1) is 0 Å². The Morgan fingerprint density at radius 3 is 2.60 bits per heavy atom. The van der Waals surface area contributed by atoms with Crippen LogP contribution in [0.15, 0.2) is 24.5 Å². The summed E-state index contributed by atoms with van der Waals surface area (Å²) in [4.78, 5) is 8.79. The topological polar surface area (TPSA) is 67.7 Å². The van der Waals surface area contributed by atoms with Gasteiger partial charge in [0.15, 0.2) is 5.82 Å². The van der Waals surface area contributed by atoms with Crippen molar-refractivity contribution in [1.29, 1.82) is 0 Å². The van der Waals surface area contributed by atoms with Crippen molar-refractivity contribution in [2.24, 2.45) is 0 Å². The zero-order valence-corrected chi connectivity index (χ0v) is 12.1. The summed E-state index contributed by atoms with van der Waals surface area (Å²) in [6.07, 6.45) is 4.55. The summed E-state index contributed by atoms with van der Waals surface area (Å²) in [5.74, 6) is 1.74. The summed E-state index contributed by atoms with van der Waals surface area (Å²) >= 11 is 0. The van der Waals surface area contributed by atoms with Crippen molar-refractivity contribution in [1.82, 2.24) is 30.6 Å². The van der Waals surface area contributed by atoms with Crippen LogP contribution >= 0.6 is 0 Å². The van der Waals surface area contributed by atoms with E-state index in [4.69, 9.17) is 10.1 Å². The van der Waals surface area contributed by atoms with Crippen LogP contribution in [-0.4, -0.2) is 26.3 Å². The lowest BCUT2D eigenvalue weighted by molar-refractivity contribution is 0.327. The lowest BCUT2D eigenvalue weighted by Gasteiger charge is -2.23. The van der Waals surface area contributed by atoms with E-state index < -0.39 is 0 Å². The molecule has 0 saturated carbocycles. The number of hydrogen-bond acceptors (Lipinski definition) is 5. The highest BCUT2D eigenvalue weighted by molar-refractivity contribution is 5.53. The van der Waals surface area contributed by atoms with Crippen molar-refractivity contribution in [2.75, 3.05) is 6.54 Å². The smallest absolute Gasteiger partial charge is 0.181 e. The largest absolute Gasteiger partial charge is 0.265 e. The molecule has 1 atom stereocenters. The Morgan fingerprint density at radius 2 is 2.00 bits per heavy atom. The molecule has 0 aromatic carbocycles. The molecule has 106 valence electrons. The third-order valence-electron chi connectivity index (χ3n) is 3.35. The molecule has 1 fully saturated rings. The molecule has 6 heteroatoms. The molecule has 0 amide bonds. The van der Waals surface area contributed by atoms with E-state index in [-0.39, 0.29) is 11.6 Å². The van der Waals surface area contributed by atoms with Gasteiger partial charge in [-0.3, -0.25) is 10.4 Å². The highest BCUT2D eigenvalue weighted by atomic mass is 15.4. The van der Waals surface area contributed by atoms with Crippen molar-refractivity contribution < 1.29 is 0 Å². The van der Waals surface area contributed by atoms with Gasteiger partial charge in [-0.25, -0.2) is 15.1 Å². The van der Waals surface area contributed by atoms with Crippen LogP contribution in [0.3, 0.4) is 0 Å². The average Bonchev–Trinajstić information content (AvgIpc) is 3.08. The summed E-state index contributed by atoms with van der Waals surface area (Å²) in [5.41, 5.74) is 7.32. The Hall–Kier alpha value is -1.79. The first-order valence-corrected chi connectivity index (χ1v) is 6.92. The third-order valence-corrected chi connectivity index (χ3v) is 3.35. The number of hydrazine groups is 1. The Balaban J connectivity index is 2.06. The van der Waals surface area contributed by atoms with Crippen LogP contribution in [0.2, 0.25) is 0 Å². The Labute approximate surface area is 118 Å². The number of rotatable bonds is 2. The van der Waals surface area contributed by atoms with E-state index in [1.54, 1.807) is 12.4 Å². The van der Waals surface area contributed by atoms with E-state index >= 15 is 0 Å². The summed E-state index contributed by atoms with van der Waals surface area (Å²) in [7, 11) is 0. The van der Waals surface area contributed by atoms with E-state index in [2.05, 4.69) is 36.6 Å². The third kappa shape index (κ3) is 2.44. The highest BCUT2D eigenvalue weighted by Gasteiger charge is 2.28. The van der Waals surface area contributed by atoms with Gasteiger partial charge < -0.3 is 0 Å². The van der Waals surface area contributed by atoms with Gasteiger partial charge in [-0.15, -0.1) is 0 Å². The first-order valence-electron chi connectivity index (χ1n) is 6.92. The van der Waals surface area contributed by atoms with Crippen LogP contribution in [0.5, 0.6) is 0 Å². The maximum absolute atomic E-state index is 4.75. The molecule has 2 N–H and O–H groups in total. The molecule has 2 aromatic heterocycles. The quantitative estimate of drug-likeness (QED) is 0.870. The lowest BCUT2D eigenvalue weighted by atomic mass is 10.1. The summed E-state index contributed by atoms with van der Waals surface area (Å²) in [5, 5.41) is 4.71. The fraction of sp³-hybridized carbons (Fsp3) is 0.500. The first-order chi connectivity index (χ1) is 9.55. The molecule has 0 radical (unpaired) electrons. The second-order valence-corrected chi connectivity index (χ2v) is 6.02. The maximum atomic E-state index is 4.75. The van der Waals surface area contributed by atoms with Gasteiger partial charge in [0, 0.05) is 24.5 Å². The fourth-order valence-electron chi connectivity index (χ4n) is 2.34. The highest BCUT2D eigenvalue weighted by Crippen LogP contribution is 2.26. The molecule has 1 unspecified atom stereocenters. The van der Waals surface area contributed by atoms with Gasteiger partial charge in [0.1, 0.15) is 5.82 Å². The van der Waals surface area contributed by atoms with E-state index in [1.165, 1.54) is 0 Å².